The van der Waals surface area contributed by atoms with Gasteiger partial charge in [0.15, 0.2) is 0 Å². The van der Waals surface area contributed by atoms with E-state index in [1.807, 2.05) is 0 Å². The van der Waals surface area contributed by atoms with Crippen molar-refractivity contribution in [2.75, 3.05) is 40.0 Å². The maximum absolute atomic E-state index is 9.52. The third kappa shape index (κ3) is 2.96. The quantitative estimate of drug-likeness (QED) is 0.772. The Morgan fingerprint density at radius 2 is 2.12 bits per heavy atom. The van der Waals surface area contributed by atoms with Crippen molar-refractivity contribution < 1.29 is 9.84 Å². The van der Waals surface area contributed by atoms with Gasteiger partial charge >= 0.3 is 0 Å². The molecule has 0 aromatic carbocycles. The first-order valence-corrected chi connectivity index (χ1v) is 6.61. The van der Waals surface area contributed by atoms with Crippen molar-refractivity contribution in [3.05, 3.63) is 0 Å². The summed E-state index contributed by atoms with van der Waals surface area (Å²) in [6.07, 6.45) is 6.62. The molecule has 2 rings (SSSR count). The van der Waals surface area contributed by atoms with E-state index >= 15 is 0 Å². The van der Waals surface area contributed by atoms with Gasteiger partial charge in [0.1, 0.15) is 0 Å². The van der Waals surface area contributed by atoms with Crippen molar-refractivity contribution >= 4 is 0 Å². The van der Waals surface area contributed by atoms with E-state index in [-0.39, 0.29) is 12.0 Å². The molecule has 0 bridgehead atoms. The van der Waals surface area contributed by atoms with Crippen LogP contribution in [0.3, 0.4) is 0 Å². The van der Waals surface area contributed by atoms with Crippen LogP contribution in [0.1, 0.15) is 32.1 Å². The molecule has 1 saturated carbocycles. The summed E-state index contributed by atoms with van der Waals surface area (Å²) < 4.78 is 5.44. The van der Waals surface area contributed by atoms with Crippen molar-refractivity contribution in [2.24, 2.45) is 11.3 Å². The van der Waals surface area contributed by atoms with Gasteiger partial charge in [-0.25, -0.2) is 0 Å². The van der Waals surface area contributed by atoms with Crippen LogP contribution >= 0.6 is 0 Å². The minimum atomic E-state index is 0.0212. The largest absolute Gasteiger partial charge is 0.396 e. The zero-order chi connectivity index (χ0) is 11.4. The topological polar surface area (TPSA) is 32.7 Å². The highest BCUT2D eigenvalue weighted by Gasteiger charge is 2.35. The fourth-order valence-corrected chi connectivity index (χ4v) is 3.22. The molecule has 1 heterocycles. The highest BCUT2D eigenvalue weighted by Crippen LogP contribution is 2.30. The first kappa shape index (κ1) is 12.3. The first-order valence-electron chi connectivity index (χ1n) is 6.61. The lowest BCUT2D eigenvalue weighted by molar-refractivity contribution is 0.0603. The fourth-order valence-electron chi connectivity index (χ4n) is 3.22. The molecule has 2 fully saturated rings. The molecule has 3 nitrogen and oxygen atoms in total. The normalized spacial score (nSPS) is 31.7. The van der Waals surface area contributed by atoms with Crippen molar-refractivity contribution in [3.63, 3.8) is 0 Å². The molecule has 1 aliphatic heterocycles. The van der Waals surface area contributed by atoms with Gasteiger partial charge in [0.2, 0.25) is 0 Å². The Morgan fingerprint density at radius 3 is 2.69 bits per heavy atom. The van der Waals surface area contributed by atoms with Crippen molar-refractivity contribution in [2.45, 2.75) is 32.1 Å². The van der Waals surface area contributed by atoms with Crippen LogP contribution in [0.4, 0.5) is 0 Å². The van der Waals surface area contributed by atoms with E-state index in [1.165, 1.54) is 32.2 Å². The maximum atomic E-state index is 9.52. The van der Waals surface area contributed by atoms with Crippen molar-refractivity contribution in [1.29, 1.82) is 0 Å². The Kier molecular flexibility index (Phi) is 4.22. The van der Waals surface area contributed by atoms with E-state index in [4.69, 9.17) is 4.74 Å². The summed E-state index contributed by atoms with van der Waals surface area (Å²) in [5.41, 5.74) is 0.0212. The van der Waals surface area contributed by atoms with Crippen LogP contribution in [0.15, 0.2) is 0 Å². The summed E-state index contributed by atoms with van der Waals surface area (Å²) in [6.45, 7) is 4.00. The second-order valence-corrected chi connectivity index (χ2v) is 5.81. The molecule has 1 unspecified atom stereocenters. The summed E-state index contributed by atoms with van der Waals surface area (Å²) in [7, 11) is 2.19. The first-order chi connectivity index (χ1) is 7.74. The van der Waals surface area contributed by atoms with E-state index in [0.29, 0.717) is 0 Å². The Bertz CT molecular complexity index is 208. The highest BCUT2D eigenvalue weighted by atomic mass is 16.5. The van der Waals surface area contributed by atoms with E-state index < -0.39 is 0 Å². The molecular formula is C13H25NO2. The van der Waals surface area contributed by atoms with Crippen LogP contribution in [0.5, 0.6) is 0 Å². The molecule has 94 valence electrons. The molecule has 0 aromatic rings. The number of aliphatic hydroxyl groups excluding tert-OH is 1. The molecule has 0 radical (unpaired) electrons. The molecule has 0 amide bonds. The lowest BCUT2D eigenvalue weighted by Gasteiger charge is -2.31. The van der Waals surface area contributed by atoms with Crippen LogP contribution in [0.2, 0.25) is 0 Å². The number of ether oxygens (including phenoxy) is 1. The molecule has 1 atom stereocenters. The van der Waals surface area contributed by atoms with Crippen LogP contribution in [-0.4, -0.2) is 50.0 Å². The van der Waals surface area contributed by atoms with Crippen molar-refractivity contribution in [3.8, 4) is 0 Å². The summed E-state index contributed by atoms with van der Waals surface area (Å²) in [6, 6.07) is 0. The molecule has 1 saturated heterocycles. The zero-order valence-corrected chi connectivity index (χ0v) is 10.5. The molecule has 0 aromatic heterocycles. The standard InChI is InChI=1S/C13H25NO2/c1-14(8-12-4-2-3-5-12)9-13(10-15)6-7-16-11-13/h12,15H,2-11H2,1H3. The van der Waals surface area contributed by atoms with Gasteiger partial charge in [0.25, 0.3) is 0 Å². The van der Waals surface area contributed by atoms with Crippen LogP contribution in [0, 0.1) is 11.3 Å². The number of hydrogen-bond donors (Lipinski definition) is 1. The van der Waals surface area contributed by atoms with E-state index in [9.17, 15) is 5.11 Å². The molecule has 1 aliphatic carbocycles. The smallest absolute Gasteiger partial charge is 0.0557 e. The Balaban J connectivity index is 1.78. The van der Waals surface area contributed by atoms with Crippen molar-refractivity contribution in [1.82, 2.24) is 4.90 Å². The van der Waals surface area contributed by atoms with Gasteiger partial charge in [-0.2, -0.15) is 0 Å². The molecule has 1 N–H and O–H groups in total. The van der Waals surface area contributed by atoms with Gasteiger partial charge in [0.05, 0.1) is 13.2 Å². The van der Waals surface area contributed by atoms with Crippen LogP contribution in [-0.2, 0) is 4.74 Å². The second kappa shape index (κ2) is 5.48. The predicted molar refractivity (Wildman–Crippen MR) is 64.4 cm³/mol. The maximum Gasteiger partial charge on any atom is 0.0557 e. The molecule has 2 aliphatic rings. The minimum Gasteiger partial charge on any atom is -0.396 e. The summed E-state index contributed by atoms with van der Waals surface area (Å²) in [5.74, 6) is 0.892. The second-order valence-electron chi connectivity index (χ2n) is 5.81. The van der Waals surface area contributed by atoms with Crippen LogP contribution in [0.25, 0.3) is 0 Å². The van der Waals surface area contributed by atoms with Gasteiger partial charge in [-0.3, -0.25) is 0 Å². The summed E-state index contributed by atoms with van der Waals surface area (Å²) in [5, 5.41) is 9.52. The Labute approximate surface area is 98.8 Å². The zero-order valence-electron chi connectivity index (χ0n) is 10.5. The van der Waals surface area contributed by atoms with Crippen LogP contribution < -0.4 is 0 Å². The SMILES string of the molecule is CN(CC1CCCC1)CC1(CO)CCOC1. The summed E-state index contributed by atoms with van der Waals surface area (Å²) in [4.78, 5) is 2.40. The van der Waals surface area contributed by atoms with E-state index in [0.717, 1.165) is 32.1 Å². The number of nitrogens with zero attached hydrogens (tertiary/aromatic N) is 1. The van der Waals surface area contributed by atoms with Gasteiger partial charge in [-0.1, -0.05) is 12.8 Å². The monoisotopic (exact) mass is 227 g/mol. The Morgan fingerprint density at radius 1 is 1.38 bits per heavy atom. The van der Waals surface area contributed by atoms with Gasteiger partial charge in [-0.15, -0.1) is 0 Å². The number of hydrogen-bond acceptors (Lipinski definition) is 3. The molecular weight excluding hydrogens is 202 g/mol. The third-order valence-corrected chi connectivity index (χ3v) is 4.17. The van der Waals surface area contributed by atoms with E-state index in [1.54, 1.807) is 0 Å². The average molecular weight is 227 g/mol. The number of rotatable bonds is 5. The fraction of sp³-hybridized carbons (Fsp3) is 1.00. The lowest BCUT2D eigenvalue weighted by atomic mass is 9.87. The molecule has 0 spiro atoms. The average Bonchev–Trinajstić information content (AvgIpc) is 2.90. The molecule has 3 heteroatoms. The van der Waals surface area contributed by atoms with Gasteiger partial charge in [0, 0.05) is 25.1 Å². The third-order valence-electron chi connectivity index (χ3n) is 4.17. The Hall–Kier alpha value is -0.120. The molecule has 16 heavy (non-hydrogen) atoms. The number of aliphatic hydroxyl groups is 1. The lowest BCUT2D eigenvalue weighted by Crippen LogP contribution is -2.40. The van der Waals surface area contributed by atoms with Gasteiger partial charge < -0.3 is 14.7 Å². The summed E-state index contributed by atoms with van der Waals surface area (Å²) >= 11 is 0. The van der Waals surface area contributed by atoms with E-state index in [2.05, 4.69) is 11.9 Å². The minimum absolute atomic E-state index is 0.0212. The van der Waals surface area contributed by atoms with Gasteiger partial charge in [-0.05, 0) is 32.2 Å². The highest BCUT2D eigenvalue weighted by molar-refractivity contribution is 4.86. The predicted octanol–water partition coefficient (Wildman–Crippen LogP) is 1.51.